The van der Waals surface area contributed by atoms with Crippen LogP contribution in [0.15, 0.2) is 24.3 Å². The number of rotatable bonds is 4. The van der Waals surface area contributed by atoms with Gasteiger partial charge in [-0.25, -0.2) is 0 Å². The van der Waals surface area contributed by atoms with Crippen LogP contribution in [0.2, 0.25) is 0 Å². The number of hydrogen-bond acceptors (Lipinski definition) is 0. The van der Waals surface area contributed by atoms with E-state index in [-0.39, 0.29) is 0 Å². The second-order valence-corrected chi connectivity index (χ2v) is 4.12. The summed E-state index contributed by atoms with van der Waals surface area (Å²) in [6.07, 6.45) is 12.5. The Bertz CT molecular complexity index is 165. The van der Waals surface area contributed by atoms with Crippen molar-refractivity contribution in [1.29, 1.82) is 0 Å². The summed E-state index contributed by atoms with van der Waals surface area (Å²) in [6.45, 7) is 0. The van der Waals surface area contributed by atoms with Crippen LogP contribution in [0, 0.1) is 11.8 Å². The van der Waals surface area contributed by atoms with Gasteiger partial charge in [0.2, 0.25) is 0 Å². The third kappa shape index (κ3) is 4.19. The monoisotopic (exact) mass is 218 g/mol. The number of halogens is 2. The summed E-state index contributed by atoms with van der Waals surface area (Å²) in [5.41, 5.74) is 0. The molecule has 1 aliphatic carbocycles. The highest BCUT2D eigenvalue weighted by Gasteiger charge is 2.19. The van der Waals surface area contributed by atoms with Crippen LogP contribution in [0.1, 0.15) is 19.3 Å². The van der Waals surface area contributed by atoms with E-state index in [0.717, 1.165) is 11.8 Å². The lowest BCUT2D eigenvalue weighted by molar-refractivity contribution is 0.638. The molecule has 2 unspecified atom stereocenters. The zero-order chi connectivity index (χ0) is 9.52. The maximum absolute atomic E-state index is 5.58. The molecule has 0 aromatic carbocycles. The molecule has 2 heteroatoms. The molecule has 1 aliphatic rings. The van der Waals surface area contributed by atoms with E-state index in [9.17, 15) is 0 Å². The second kappa shape index (κ2) is 6.50. The SMILES string of the molecule is ClC/C=C/C1CCC(/C=C/CCl)C1. The largest absolute Gasteiger partial charge is 0.122 e. The smallest absolute Gasteiger partial charge is 0.0404 e. The van der Waals surface area contributed by atoms with Gasteiger partial charge >= 0.3 is 0 Å². The minimum atomic E-state index is 0.638. The highest BCUT2D eigenvalue weighted by molar-refractivity contribution is 6.19. The van der Waals surface area contributed by atoms with Crippen molar-refractivity contribution in [2.75, 3.05) is 11.8 Å². The summed E-state index contributed by atoms with van der Waals surface area (Å²) in [5, 5.41) is 0. The van der Waals surface area contributed by atoms with Crippen LogP contribution >= 0.6 is 23.2 Å². The lowest BCUT2D eigenvalue weighted by atomic mass is 10.0. The maximum Gasteiger partial charge on any atom is 0.0404 e. The fraction of sp³-hybridized carbons (Fsp3) is 0.636. The average Bonchev–Trinajstić information content (AvgIpc) is 2.59. The van der Waals surface area contributed by atoms with Crippen LogP contribution in [0.4, 0.5) is 0 Å². The molecule has 0 aromatic heterocycles. The molecule has 1 fully saturated rings. The summed E-state index contributed by atoms with van der Waals surface area (Å²) < 4.78 is 0. The lowest BCUT2D eigenvalue weighted by Gasteiger charge is -2.02. The van der Waals surface area contributed by atoms with Crippen molar-refractivity contribution in [2.24, 2.45) is 11.8 Å². The Morgan fingerprint density at radius 1 is 0.923 bits per heavy atom. The van der Waals surface area contributed by atoms with Crippen molar-refractivity contribution in [1.82, 2.24) is 0 Å². The fourth-order valence-corrected chi connectivity index (χ4v) is 2.10. The normalized spacial score (nSPS) is 29.4. The first-order valence-corrected chi connectivity index (χ1v) is 5.89. The van der Waals surface area contributed by atoms with Crippen molar-refractivity contribution in [2.45, 2.75) is 19.3 Å². The molecule has 0 aromatic rings. The third-order valence-corrected chi connectivity index (χ3v) is 2.86. The van der Waals surface area contributed by atoms with Crippen LogP contribution in [-0.4, -0.2) is 11.8 Å². The minimum Gasteiger partial charge on any atom is -0.122 e. The predicted octanol–water partition coefficient (Wildman–Crippen LogP) is 3.99. The summed E-state index contributed by atoms with van der Waals surface area (Å²) in [7, 11) is 0. The van der Waals surface area contributed by atoms with Gasteiger partial charge in [-0.15, -0.1) is 23.2 Å². The van der Waals surface area contributed by atoms with Crippen LogP contribution in [0.25, 0.3) is 0 Å². The molecule has 1 rings (SSSR count). The molecule has 0 heterocycles. The van der Waals surface area contributed by atoms with E-state index in [1.54, 1.807) is 0 Å². The quantitative estimate of drug-likeness (QED) is 0.495. The number of alkyl halides is 2. The second-order valence-electron chi connectivity index (χ2n) is 3.50. The van der Waals surface area contributed by atoms with E-state index in [4.69, 9.17) is 23.2 Å². The molecule has 2 atom stereocenters. The summed E-state index contributed by atoms with van der Waals surface area (Å²) in [5.74, 6) is 2.75. The first kappa shape index (κ1) is 11.1. The predicted molar refractivity (Wildman–Crippen MR) is 60.6 cm³/mol. The molecule has 0 saturated heterocycles. The Morgan fingerprint density at radius 3 is 1.77 bits per heavy atom. The molecule has 0 amide bonds. The standard InChI is InChI=1S/C11H16Cl2/c12-7-1-3-10-5-6-11(9-10)4-2-8-13/h1-4,10-11H,5-9H2/b3-1+,4-2+. The van der Waals surface area contributed by atoms with Gasteiger partial charge < -0.3 is 0 Å². The molecule has 0 bridgehead atoms. The molecule has 13 heavy (non-hydrogen) atoms. The van der Waals surface area contributed by atoms with Crippen molar-refractivity contribution in [3.8, 4) is 0 Å². The number of hydrogen-bond donors (Lipinski definition) is 0. The highest BCUT2D eigenvalue weighted by atomic mass is 35.5. The van der Waals surface area contributed by atoms with Crippen molar-refractivity contribution in [3.05, 3.63) is 24.3 Å². The van der Waals surface area contributed by atoms with E-state index < -0.39 is 0 Å². The van der Waals surface area contributed by atoms with E-state index in [0.29, 0.717) is 11.8 Å². The Hall–Kier alpha value is 0.0600. The van der Waals surface area contributed by atoms with Crippen molar-refractivity contribution >= 4 is 23.2 Å². The molecule has 0 radical (unpaired) electrons. The molecule has 1 saturated carbocycles. The minimum absolute atomic E-state index is 0.638. The zero-order valence-corrected chi connectivity index (χ0v) is 9.27. The summed E-state index contributed by atoms with van der Waals surface area (Å²) in [4.78, 5) is 0. The maximum atomic E-state index is 5.58. The Kier molecular flexibility index (Phi) is 5.57. The average molecular weight is 219 g/mol. The van der Waals surface area contributed by atoms with Gasteiger partial charge in [0.25, 0.3) is 0 Å². The van der Waals surface area contributed by atoms with Gasteiger partial charge in [-0.1, -0.05) is 24.3 Å². The Labute approximate surface area is 90.6 Å². The summed E-state index contributed by atoms with van der Waals surface area (Å²) >= 11 is 11.2. The van der Waals surface area contributed by atoms with Crippen LogP contribution in [0.3, 0.4) is 0 Å². The van der Waals surface area contributed by atoms with Gasteiger partial charge in [-0.2, -0.15) is 0 Å². The topological polar surface area (TPSA) is 0 Å². The molecular weight excluding hydrogens is 203 g/mol. The van der Waals surface area contributed by atoms with Gasteiger partial charge in [0.05, 0.1) is 0 Å². The van der Waals surface area contributed by atoms with E-state index in [2.05, 4.69) is 24.3 Å². The molecule has 0 N–H and O–H groups in total. The van der Waals surface area contributed by atoms with Gasteiger partial charge in [0.15, 0.2) is 0 Å². The van der Waals surface area contributed by atoms with Gasteiger partial charge in [0.1, 0.15) is 0 Å². The summed E-state index contributed by atoms with van der Waals surface area (Å²) in [6, 6.07) is 0. The van der Waals surface area contributed by atoms with Crippen molar-refractivity contribution in [3.63, 3.8) is 0 Å². The van der Waals surface area contributed by atoms with Crippen molar-refractivity contribution < 1.29 is 0 Å². The Balaban J connectivity index is 2.27. The van der Waals surface area contributed by atoms with Gasteiger partial charge in [-0.05, 0) is 31.1 Å². The molecular formula is C11H16Cl2. The first-order valence-electron chi connectivity index (χ1n) is 4.82. The molecule has 0 spiro atoms. The van der Waals surface area contributed by atoms with E-state index in [1.165, 1.54) is 19.3 Å². The van der Waals surface area contributed by atoms with Crippen LogP contribution in [0.5, 0.6) is 0 Å². The Morgan fingerprint density at radius 2 is 1.38 bits per heavy atom. The third-order valence-electron chi connectivity index (χ3n) is 2.51. The zero-order valence-electron chi connectivity index (χ0n) is 7.76. The van der Waals surface area contributed by atoms with E-state index in [1.807, 2.05) is 0 Å². The van der Waals surface area contributed by atoms with Crippen LogP contribution < -0.4 is 0 Å². The number of allylic oxidation sites excluding steroid dienone is 4. The van der Waals surface area contributed by atoms with E-state index >= 15 is 0 Å². The molecule has 0 aliphatic heterocycles. The van der Waals surface area contributed by atoms with Gasteiger partial charge in [0, 0.05) is 11.8 Å². The molecule has 0 nitrogen and oxygen atoms in total. The fourth-order valence-electron chi connectivity index (χ4n) is 1.89. The lowest BCUT2D eigenvalue weighted by Crippen LogP contribution is -1.90. The van der Waals surface area contributed by atoms with Gasteiger partial charge in [-0.3, -0.25) is 0 Å². The molecule has 74 valence electrons. The van der Waals surface area contributed by atoms with Crippen LogP contribution in [-0.2, 0) is 0 Å². The highest BCUT2D eigenvalue weighted by Crippen LogP contribution is 2.32. The first-order chi connectivity index (χ1) is 6.36.